The average molecular weight is 475 g/mol. The van der Waals surface area contributed by atoms with Crippen LogP contribution in [-0.2, 0) is 22.6 Å². The van der Waals surface area contributed by atoms with Crippen molar-refractivity contribution in [3.8, 4) is 0 Å². The van der Waals surface area contributed by atoms with Crippen molar-refractivity contribution < 1.29 is 9.59 Å². The fourth-order valence-corrected chi connectivity index (χ4v) is 4.40. The monoisotopic (exact) mass is 474 g/mol. The zero-order valence-electron chi connectivity index (χ0n) is 20.2. The van der Waals surface area contributed by atoms with Gasteiger partial charge in [-0.3, -0.25) is 9.59 Å². The summed E-state index contributed by atoms with van der Waals surface area (Å²) in [5.74, 6) is 0.451. The number of rotatable bonds is 11. The van der Waals surface area contributed by atoms with E-state index >= 15 is 0 Å². The Morgan fingerprint density at radius 2 is 1.44 bits per heavy atom. The Balaban J connectivity index is 1.86. The molecule has 0 aromatic heterocycles. The molecule has 0 spiro atoms. The van der Waals surface area contributed by atoms with Crippen LogP contribution in [0.1, 0.15) is 30.5 Å². The van der Waals surface area contributed by atoms with E-state index < -0.39 is 6.04 Å². The lowest BCUT2D eigenvalue weighted by atomic mass is 10.0. The number of hydrogen-bond acceptors (Lipinski definition) is 3. The highest BCUT2D eigenvalue weighted by molar-refractivity contribution is 8.00. The maximum absolute atomic E-state index is 13.6. The van der Waals surface area contributed by atoms with E-state index in [1.807, 2.05) is 91.9 Å². The van der Waals surface area contributed by atoms with Crippen LogP contribution in [0.3, 0.4) is 0 Å². The molecule has 3 aromatic rings. The van der Waals surface area contributed by atoms with Gasteiger partial charge >= 0.3 is 0 Å². The fraction of sp³-hybridized carbons (Fsp3) is 0.310. The summed E-state index contributed by atoms with van der Waals surface area (Å²) in [6.45, 7) is 7.15. The molecule has 1 atom stereocenters. The first-order valence-electron chi connectivity index (χ1n) is 11.8. The van der Waals surface area contributed by atoms with Gasteiger partial charge in [0.1, 0.15) is 6.04 Å². The Morgan fingerprint density at radius 1 is 0.853 bits per heavy atom. The molecule has 34 heavy (non-hydrogen) atoms. The number of carbonyl (C=O) groups is 2. The van der Waals surface area contributed by atoms with Gasteiger partial charge in [0, 0.05) is 24.4 Å². The molecule has 0 unspecified atom stereocenters. The second kappa shape index (κ2) is 13.0. The van der Waals surface area contributed by atoms with Gasteiger partial charge in [-0.1, -0.05) is 92.2 Å². The predicted octanol–water partition coefficient (Wildman–Crippen LogP) is 5.50. The summed E-state index contributed by atoms with van der Waals surface area (Å²) in [5, 5.41) is 3.06. The number of thioether (sulfide) groups is 1. The van der Waals surface area contributed by atoms with E-state index in [4.69, 9.17) is 0 Å². The standard InChI is InChI=1S/C29H34N2O2S/c1-22(2)19-30-29(33)27(18-24-10-6-4-7-11-24)31(20-25-12-8-5-9-13-25)28(32)21-34-26-16-14-23(3)15-17-26/h4-17,22,27H,18-21H2,1-3H3,(H,30,33)/t27-/m1/s1. The van der Waals surface area contributed by atoms with Gasteiger partial charge < -0.3 is 10.2 Å². The molecule has 0 radical (unpaired) electrons. The van der Waals surface area contributed by atoms with E-state index in [1.54, 1.807) is 4.90 Å². The molecule has 4 nitrogen and oxygen atoms in total. The summed E-state index contributed by atoms with van der Waals surface area (Å²) in [6.07, 6.45) is 0.471. The van der Waals surface area contributed by atoms with E-state index in [9.17, 15) is 9.59 Å². The minimum atomic E-state index is -0.590. The highest BCUT2D eigenvalue weighted by Gasteiger charge is 2.30. The molecule has 2 amide bonds. The minimum absolute atomic E-state index is 0.0462. The minimum Gasteiger partial charge on any atom is -0.354 e. The van der Waals surface area contributed by atoms with Crippen LogP contribution in [0, 0.1) is 12.8 Å². The Morgan fingerprint density at radius 3 is 2.03 bits per heavy atom. The van der Waals surface area contributed by atoms with Crippen molar-refractivity contribution in [1.29, 1.82) is 0 Å². The summed E-state index contributed by atoms with van der Waals surface area (Å²) in [4.78, 5) is 29.8. The van der Waals surface area contributed by atoms with Crippen molar-refractivity contribution in [1.82, 2.24) is 10.2 Å². The summed E-state index contributed by atoms with van der Waals surface area (Å²) >= 11 is 1.51. The van der Waals surface area contributed by atoms with Crippen molar-refractivity contribution in [2.24, 2.45) is 5.92 Å². The van der Waals surface area contributed by atoms with Crippen molar-refractivity contribution in [3.05, 3.63) is 102 Å². The molecule has 0 aliphatic carbocycles. The quantitative estimate of drug-likeness (QED) is 0.373. The second-order valence-electron chi connectivity index (χ2n) is 8.95. The number of carbonyl (C=O) groups excluding carboxylic acids is 2. The summed E-state index contributed by atoms with van der Waals surface area (Å²) in [5.41, 5.74) is 3.22. The van der Waals surface area contributed by atoms with Crippen LogP contribution in [0.2, 0.25) is 0 Å². The molecule has 0 saturated carbocycles. The smallest absolute Gasteiger partial charge is 0.243 e. The molecule has 5 heteroatoms. The lowest BCUT2D eigenvalue weighted by Crippen LogP contribution is -2.51. The highest BCUT2D eigenvalue weighted by atomic mass is 32.2. The zero-order valence-corrected chi connectivity index (χ0v) is 21.1. The maximum Gasteiger partial charge on any atom is 0.243 e. The van der Waals surface area contributed by atoms with Crippen LogP contribution in [-0.4, -0.2) is 35.1 Å². The molecule has 0 fully saturated rings. The first-order chi connectivity index (χ1) is 16.4. The fourth-order valence-electron chi connectivity index (χ4n) is 3.62. The molecule has 3 rings (SSSR count). The van der Waals surface area contributed by atoms with Crippen molar-refractivity contribution in [2.45, 2.75) is 44.7 Å². The molecule has 0 aliphatic heterocycles. The number of aryl methyl sites for hydroxylation is 1. The number of nitrogens with one attached hydrogen (secondary N) is 1. The normalized spacial score (nSPS) is 11.8. The van der Waals surface area contributed by atoms with Crippen molar-refractivity contribution in [3.63, 3.8) is 0 Å². The topological polar surface area (TPSA) is 49.4 Å². The van der Waals surface area contributed by atoms with Crippen LogP contribution < -0.4 is 5.32 Å². The van der Waals surface area contributed by atoms with Gasteiger partial charge in [-0.15, -0.1) is 11.8 Å². The molecule has 0 saturated heterocycles. The maximum atomic E-state index is 13.6. The second-order valence-corrected chi connectivity index (χ2v) is 10.0. The first kappa shape index (κ1) is 25.6. The Labute approximate surface area is 207 Å². The molecule has 178 valence electrons. The largest absolute Gasteiger partial charge is 0.354 e. The molecular formula is C29H34N2O2S. The highest BCUT2D eigenvalue weighted by Crippen LogP contribution is 2.21. The molecular weight excluding hydrogens is 440 g/mol. The molecule has 1 N–H and O–H groups in total. The van der Waals surface area contributed by atoms with E-state index in [2.05, 4.69) is 19.2 Å². The lowest BCUT2D eigenvalue weighted by molar-refractivity contribution is -0.139. The number of hydrogen-bond donors (Lipinski definition) is 1. The van der Waals surface area contributed by atoms with Crippen LogP contribution in [0.5, 0.6) is 0 Å². The average Bonchev–Trinajstić information content (AvgIpc) is 2.85. The van der Waals surface area contributed by atoms with Gasteiger partial charge in [-0.2, -0.15) is 0 Å². The van der Waals surface area contributed by atoms with Gasteiger partial charge in [0.25, 0.3) is 0 Å². The first-order valence-corrected chi connectivity index (χ1v) is 12.8. The summed E-state index contributed by atoms with van der Waals surface area (Å²) in [7, 11) is 0. The van der Waals surface area contributed by atoms with Gasteiger partial charge in [0.05, 0.1) is 5.75 Å². The summed E-state index contributed by atoms with van der Waals surface area (Å²) in [6, 6.07) is 27.4. The lowest BCUT2D eigenvalue weighted by Gasteiger charge is -2.31. The number of nitrogens with zero attached hydrogens (tertiary/aromatic N) is 1. The van der Waals surface area contributed by atoms with E-state index in [0.29, 0.717) is 25.4 Å². The van der Waals surface area contributed by atoms with Crippen LogP contribution in [0.15, 0.2) is 89.8 Å². The van der Waals surface area contributed by atoms with Crippen LogP contribution >= 0.6 is 11.8 Å². The van der Waals surface area contributed by atoms with Gasteiger partial charge in [0.2, 0.25) is 11.8 Å². The van der Waals surface area contributed by atoms with Crippen molar-refractivity contribution in [2.75, 3.05) is 12.3 Å². The third-order valence-electron chi connectivity index (χ3n) is 5.53. The van der Waals surface area contributed by atoms with Crippen molar-refractivity contribution >= 4 is 23.6 Å². The third-order valence-corrected chi connectivity index (χ3v) is 6.53. The third kappa shape index (κ3) is 8.07. The molecule has 0 heterocycles. The van der Waals surface area contributed by atoms with Crippen LogP contribution in [0.4, 0.5) is 0 Å². The van der Waals surface area contributed by atoms with Gasteiger partial charge in [-0.05, 0) is 36.1 Å². The van der Waals surface area contributed by atoms with Gasteiger partial charge in [-0.25, -0.2) is 0 Å². The Hall–Kier alpha value is -3.05. The number of amides is 2. The van der Waals surface area contributed by atoms with E-state index in [1.165, 1.54) is 17.3 Å². The van der Waals surface area contributed by atoms with E-state index in [-0.39, 0.29) is 17.6 Å². The summed E-state index contributed by atoms with van der Waals surface area (Å²) < 4.78 is 0. The molecule has 0 bridgehead atoms. The van der Waals surface area contributed by atoms with E-state index in [0.717, 1.165) is 16.0 Å². The Bertz CT molecular complexity index is 1040. The molecule has 0 aliphatic rings. The zero-order chi connectivity index (χ0) is 24.3. The molecule has 3 aromatic carbocycles. The Kier molecular flexibility index (Phi) is 9.77. The van der Waals surface area contributed by atoms with Crippen LogP contribution in [0.25, 0.3) is 0 Å². The predicted molar refractivity (Wildman–Crippen MR) is 141 cm³/mol. The number of benzene rings is 3. The van der Waals surface area contributed by atoms with Gasteiger partial charge in [0.15, 0.2) is 0 Å². The SMILES string of the molecule is Cc1ccc(SCC(=O)N(Cc2ccccc2)[C@H](Cc2ccccc2)C(=O)NCC(C)C)cc1.